The van der Waals surface area contributed by atoms with Gasteiger partial charge in [0, 0.05) is 10.6 Å². The van der Waals surface area contributed by atoms with E-state index >= 15 is 0 Å². The van der Waals surface area contributed by atoms with Crippen LogP contribution in [0.3, 0.4) is 0 Å². The molecule has 3 rings (SSSR count). The van der Waals surface area contributed by atoms with E-state index in [0.717, 1.165) is 16.7 Å². The largest absolute Gasteiger partial charge is 0.481 e. The van der Waals surface area contributed by atoms with E-state index in [4.69, 9.17) is 20.9 Å². The first-order valence-electron chi connectivity index (χ1n) is 9.06. The van der Waals surface area contributed by atoms with E-state index in [1.165, 1.54) is 0 Å². The summed E-state index contributed by atoms with van der Waals surface area (Å²) in [5.41, 5.74) is 2.91. The van der Waals surface area contributed by atoms with E-state index in [1.807, 2.05) is 51.1 Å². The molecule has 6 nitrogen and oxygen atoms in total. The summed E-state index contributed by atoms with van der Waals surface area (Å²) in [6.07, 6.45) is -0.105. The summed E-state index contributed by atoms with van der Waals surface area (Å²) >= 11 is 6.03. The van der Waals surface area contributed by atoms with Crippen molar-refractivity contribution in [1.82, 2.24) is 15.5 Å². The summed E-state index contributed by atoms with van der Waals surface area (Å²) in [7, 11) is 0. The lowest BCUT2D eigenvalue weighted by Gasteiger charge is -2.17. The van der Waals surface area contributed by atoms with Gasteiger partial charge in [-0.05, 0) is 44.0 Å². The molecular weight excluding hydrogens is 378 g/mol. The number of aryl methyl sites for hydroxylation is 2. The van der Waals surface area contributed by atoms with Crippen LogP contribution in [0.1, 0.15) is 30.4 Å². The Labute approximate surface area is 168 Å². The van der Waals surface area contributed by atoms with Crippen molar-refractivity contribution < 1.29 is 14.1 Å². The van der Waals surface area contributed by atoms with Gasteiger partial charge in [0.15, 0.2) is 6.10 Å². The third kappa shape index (κ3) is 4.89. The molecule has 0 saturated carbocycles. The fourth-order valence-corrected chi connectivity index (χ4v) is 2.72. The highest BCUT2D eigenvalue weighted by Crippen LogP contribution is 2.22. The third-order valence-electron chi connectivity index (χ3n) is 4.26. The number of hydrogen-bond donors (Lipinski definition) is 1. The number of nitrogens with one attached hydrogen (secondary N) is 1. The topological polar surface area (TPSA) is 77.2 Å². The maximum Gasteiger partial charge on any atom is 0.261 e. The second-order valence-corrected chi connectivity index (χ2v) is 6.93. The van der Waals surface area contributed by atoms with Crippen LogP contribution >= 0.6 is 11.6 Å². The van der Waals surface area contributed by atoms with Crippen LogP contribution in [0.5, 0.6) is 5.75 Å². The molecule has 0 unspecified atom stereocenters. The number of carbonyl (C=O) groups is 1. The minimum absolute atomic E-state index is 0.136. The molecular formula is C21H22ClN3O3. The maximum absolute atomic E-state index is 12.5. The van der Waals surface area contributed by atoms with E-state index in [1.54, 1.807) is 12.1 Å². The number of halogens is 1. The summed E-state index contributed by atoms with van der Waals surface area (Å²) in [5, 5.41) is 7.41. The molecule has 0 fully saturated rings. The van der Waals surface area contributed by atoms with Gasteiger partial charge in [0.2, 0.25) is 11.7 Å². The highest BCUT2D eigenvalue weighted by Gasteiger charge is 2.19. The van der Waals surface area contributed by atoms with Crippen molar-refractivity contribution >= 4 is 17.5 Å². The van der Waals surface area contributed by atoms with Gasteiger partial charge in [-0.3, -0.25) is 4.79 Å². The molecule has 0 aliphatic heterocycles. The van der Waals surface area contributed by atoms with Crippen molar-refractivity contribution in [3.63, 3.8) is 0 Å². The van der Waals surface area contributed by atoms with Gasteiger partial charge in [-0.2, -0.15) is 4.98 Å². The Balaban J connectivity index is 1.59. The normalized spacial score (nSPS) is 11.9. The highest BCUT2D eigenvalue weighted by molar-refractivity contribution is 6.31. The van der Waals surface area contributed by atoms with Crippen molar-refractivity contribution in [2.45, 2.75) is 39.8 Å². The maximum atomic E-state index is 12.5. The van der Waals surface area contributed by atoms with Gasteiger partial charge in [-0.15, -0.1) is 0 Å². The minimum atomic E-state index is -0.625. The molecule has 0 spiro atoms. The molecule has 0 aliphatic rings. The molecule has 1 atom stereocenters. The monoisotopic (exact) mass is 399 g/mol. The fraction of sp³-hybridized carbons (Fsp3) is 0.286. The Morgan fingerprint density at radius 1 is 1.21 bits per heavy atom. The lowest BCUT2D eigenvalue weighted by atomic mass is 10.1. The number of carbonyl (C=O) groups excluding carboxylic acids is 1. The van der Waals surface area contributed by atoms with Gasteiger partial charge in [0.25, 0.3) is 5.91 Å². The number of benzene rings is 2. The Kier molecular flexibility index (Phi) is 6.31. The fourth-order valence-electron chi connectivity index (χ4n) is 2.60. The summed E-state index contributed by atoms with van der Waals surface area (Å²) in [6, 6.07) is 13.1. The molecule has 1 heterocycles. The van der Waals surface area contributed by atoms with Crippen molar-refractivity contribution in [1.29, 1.82) is 0 Å². The zero-order chi connectivity index (χ0) is 20.1. The van der Waals surface area contributed by atoms with Crippen molar-refractivity contribution in [3.05, 3.63) is 64.5 Å². The quantitative estimate of drug-likeness (QED) is 0.633. The Morgan fingerprint density at radius 3 is 2.64 bits per heavy atom. The lowest BCUT2D eigenvalue weighted by molar-refractivity contribution is -0.128. The number of ether oxygens (including phenoxy) is 1. The van der Waals surface area contributed by atoms with Gasteiger partial charge >= 0.3 is 0 Å². The highest BCUT2D eigenvalue weighted by atomic mass is 35.5. The van der Waals surface area contributed by atoms with Crippen LogP contribution in [-0.2, 0) is 11.3 Å². The molecule has 1 amide bonds. The van der Waals surface area contributed by atoms with Gasteiger partial charge < -0.3 is 14.6 Å². The van der Waals surface area contributed by atoms with E-state index in [0.29, 0.717) is 28.9 Å². The Morgan fingerprint density at radius 2 is 1.96 bits per heavy atom. The molecule has 0 radical (unpaired) electrons. The molecule has 0 aliphatic carbocycles. The van der Waals surface area contributed by atoms with E-state index < -0.39 is 6.10 Å². The van der Waals surface area contributed by atoms with Gasteiger partial charge in [0.1, 0.15) is 5.75 Å². The molecule has 3 aromatic rings. The minimum Gasteiger partial charge on any atom is -0.481 e. The van der Waals surface area contributed by atoms with Crippen molar-refractivity contribution in [2.75, 3.05) is 0 Å². The molecule has 1 aromatic heterocycles. The zero-order valence-electron chi connectivity index (χ0n) is 16.0. The Bertz CT molecular complexity index is 954. The summed E-state index contributed by atoms with van der Waals surface area (Å²) in [5.74, 6) is 1.18. The predicted octanol–water partition coefficient (Wildman–Crippen LogP) is 4.48. The summed E-state index contributed by atoms with van der Waals surface area (Å²) in [6.45, 7) is 5.92. The Hall–Kier alpha value is -2.86. The number of nitrogens with zero attached hydrogens (tertiary/aromatic N) is 2. The molecule has 2 aromatic carbocycles. The number of rotatable bonds is 7. The number of aromatic nitrogens is 2. The smallest absolute Gasteiger partial charge is 0.261 e. The molecule has 146 valence electrons. The second-order valence-electron chi connectivity index (χ2n) is 6.52. The summed E-state index contributed by atoms with van der Waals surface area (Å²) in [4.78, 5) is 16.8. The van der Waals surface area contributed by atoms with Crippen LogP contribution in [0.15, 0.2) is 47.0 Å². The molecule has 7 heteroatoms. The average Bonchev–Trinajstić information content (AvgIpc) is 3.16. The van der Waals surface area contributed by atoms with Crippen LogP contribution in [0.25, 0.3) is 11.4 Å². The molecule has 0 bridgehead atoms. The van der Waals surface area contributed by atoms with Crippen molar-refractivity contribution in [2.24, 2.45) is 0 Å². The SMILES string of the molecule is CC[C@@H](Oc1ccc(Cl)c(C)c1)C(=O)NCc1nc(-c2ccc(C)cc2)no1. The number of amides is 1. The van der Waals surface area contributed by atoms with Crippen LogP contribution in [-0.4, -0.2) is 22.2 Å². The van der Waals surface area contributed by atoms with E-state index in [2.05, 4.69) is 15.5 Å². The molecule has 28 heavy (non-hydrogen) atoms. The average molecular weight is 400 g/mol. The predicted molar refractivity (Wildman–Crippen MR) is 107 cm³/mol. The number of hydrogen-bond acceptors (Lipinski definition) is 5. The second kappa shape index (κ2) is 8.89. The zero-order valence-corrected chi connectivity index (χ0v) is 16.8. The van der Waals surface area contributed by atoms with Crippen LogP contribution in [0.4, 0.5) is 0 Å². The summed E-state index contributed by atoms with van der Waals surface area (Å²) < 4.78 is 11.0. The van der Waals surface area contributed by atoms with Crippen LogP contribution in [0, 0.1) is 13.8 Å². The van der Waals surface area contributed by atoms with Gasteiger partial charge in [0.05, 0.1) is 6.54 Å². The molecule has 1 N–H and O–H groups in total. The van der Waals surface area contributed by atoms with Gasteiger partial charge in [-0.1, -0.05) is 53.5 Å². The first kappa shape index (κ1) is 19.9. The van der Waals surface area contributed by atoms with Crippen molar-refractivity contribution in [3.8, 4) is 17.1 Å². The first-order chi connectivity index (χ1) is 13.5. The van der Waals surface area contributed by atoms with E-state index in [-0.39, 0.29) is 12.5 Å². The standard InChI is InChI=1S/C21H22ClN3O3/c1-4-18(27-16-9-10-17(22)14(3)11-16)21(26)23-12-19-24-20(25-28-19)15-7-5-13(2)6-8-15/h5-11,18H,4,12H2,1-3H3,(H,23,26)/t18-/m1/s1. The van der Waals surface area contributed by atoms with Gasteiger partial charge in [-0.25, -0.2) is 0 Å². The first-order valence-corrected chi connectivity index (χ1v) is 9.44. The lowest BCUT2D eigenvalue weighted by Crippen LogP contribution is -2.37. The molecule has 0 saturated heterocycles. The van der Waals surface area contributed by atoms with E-state index in [9.17, 15) is 4.79 Å². The third-order valence-corrected chi connectivity index (χ3v) is 4.69. The van der Waals surface area contributed by atoms with Crippen LogP contribution in [0.2, 0.25) is 5.02 Å². The van der Waals surface area contributed by atoms with Crippen LogP contribution < -0.4 is 10.1 Å².